The summed E-state index contributed by atoms with van der Waals surface area (Å²) in [6, 6.07) is 1.96. The lowest BCUT2D eigenvalue weighted by Crippen LogP contribution is -2.31. The summed E-state index contributed by atoms with van der Waals surface area (Å²) in [6.07, 6.45) is 4.48. The lowest BCUT2D eigenvalue weighted by atomic mass is 9.95. The molecular formula is C14H21N3O2. The number of hydrogen-bond donors (Lipinski definition) is 1. The number of piperidine rings is 1. The van der Waals surface area contributed by atoms with E-state index in [1.54, 1.807) is 13.1 Å². The summed E-state index contributed by atoms with van der Waals surface area (Å²) in [7, 11) is 2.13. The van der Waals surface area contributed by atoms with Gasteiger partial charge in [-0.15, -0.1) is 0 Å². The number of nitrogens with zero attached hydrogens (tertiary/aromatic N) is 3. The molecule has 0 radical (unpaired) electrons. The fourth-order valence-corrected chi connectivity index (χ4v) is 2.51. The van der Waals surface area contributed by atoms with Crippen LogP contribution < -0.4 is 0 Å². The van der Waals surface area contributed by atoms with Crippen LogP contribution in [0.5, 0.6) is 0 Å². The molecular weight excluding hydrogens is 242 g/mol. The summed E-state index contributed by atoms with van der Waals surface area (Å²) in [5.74, 6) is -0.156. The van der Waals surface area contributed by atoms with Crippen molar-refractivity contribution in [2.75, 3.05) is 20.1 Å². The highest BCUT2D eigenvalue weighted by molar-refractivity contribution is 5.69. The third kappa shape index (κ3) is 3.73. The van der Waals surface area contributed by atoms with Gasteiger partial charge in [0.15, 0.2) is 0 Å². The number of likely N-dealkylation sites (tertiary alicyclic amines) is 1. The van der Waals surface area contributed by atoms with Crippen LogP contribution in [0.25, 0.3) is 0 Å². The van der Waals surface area contributed by atoms with E-state index in [4.69, 9.17) is 5.11 Å². The van der Waals surface area contributed by atoms with Crippen LogP contribution in [0.1, 0.15) is 37.2 Å². The Balaban J connectivity index is 2.08. The van der Waals surface area contributed by atoms with Crippen molar-refractivity contribution in [1.29, 1.82) is 0 Å². The van der Waals surface area contributed by atoms with E-state index in [2.05, 4.69) is 21.9 Å². The van der Waals surface area contributed by atoms with Gasteiger partial charge in [-0.05, 0) is 32.5 Å². The van der Waals surface area contributed by atoms with Crippen molar-refractivity contribution in [2.24, 2.45) is 5.92 Å². The molecule has 2 unspecified atom stereocenters. The number of carbonyl (C=O) groups is 1. The summed E-state index contributed by atoms with van der Waals surface area (Å²) >= 11 is 0. The average Bonchev–Trinajstić information content (AvgIpc) is 2.39. The van der Waals surface area contributed by atoms with Crippen LogP contribution in [-0.4, -0.2) is 46.1 Å². The Kier molecular flexibility index (Phi) is 4.47. The minimum absolute atomic E-state index is 0.395. The highest BCUT2D eigenvalue weighted by Gasteiger charge is 2.21. The van der Waals surface area contributed by atoms with E-state index >= 15 is 0 Å². The molecule has 1 aromatic heterocycles. The van der Waals surface area contributed by atoms with Crippen molar-refractivity contribution < 1.29 is 9.90 Å². The number of carboxylic acid groups (broad SMARTS) is 1. The van der Waals surface area contributed by atoms with Gasteiger partial charge in [-0.1, -0.05) is 6.92 Å². The zero-order valence-corrected chi connectivity index (χ0v) is 11.5. The van der Waals surface area contributed by atoms with E-state index in [0.29, 0.717) is 18.2 Å². The quantitative estimate of drug-likeness (QED) is 0.892. The number of hydrogen-bond acceptors (Lipinski definition) is 4. The molecule has 0 amide bonds. The van der Waals surface area contributed by atoms with Crippen molar-refractivity contribution in [3.63, 3.8) is 0 Å². The van der Waals surface area contributed by atoms with Gasteiger partial charge in [-0.25, -0.2) is 9.97 Å². The van der Waals surface area contributed by atoms with Crippen molar-refractivity contribution >= 4 is 5.97 Å². The summed E-state index contributed by atoms with van der Waals surface area (Å²) in [5.41, 5.74) is 1.05. The molecule has 1 aliphatic heterocycles. The topological polar surface area (TPSA) is 66.3 Å². The van der Waals surface area contributed by atoms with Gasteiger partial charge in [0.25, 0.3) is 0 Å². The molecule has 2 atom stereocenters. The Hall–Kier alpha value is -1.49. The summed E-state index contributed by atoms with van der Waals surface area (Å²) in [5, 5.41) is 8.93. The van der Waals surface area contributed by atoms with Crippen LogP contribution in [0.2, 0.25) is 0 Å². The molecule has 19 heavy (non-hydrogen) atoms. The van der Waals surface area contributed by atoms with E-state index in [1.807, 2.05) is 6.07 Å². The largest absolute Gasteiger partial charge is 0.481 e. The lowest BCUT2D eigenvalue weighted by Gasteiger charge is -2.29. The SMILES string of the molecule is CC(Cc1nccc(C2CCCN(C)C2)n1)C(=O)O. The monoisotopic (exact) mass is 263 g/mol. The first-order chi connectivity index (χ1) is 9.06. The lowest BCUT2D eigenvalue weighted by molar-refractivity contribution is -0.141. The fourth-order valence-electron chi connectivity index (χ4n) is 2.51. The van der Waals surface area contributed by atoms with Gasteiger partial charge in [0, 0.05) is 30.8 Å². The van der Waals surface area contributed by atoms with Crippen LogP contribution >= 0.6 is 0 Å². The highest BCUT2D eigenvalue weighted by Crippen LogP contribution is 2.24. The Morgan fingerprint density at radius 3 is 3.11 bits per heavy atom. The molecule has 0 bridgehead atoms. The van der Waals surface area contributed by atoms with E-state index < -0.39 is 11.9 Å². The first-order valence-corrected chi connectivity index (χ1v) is 6.79. The maximum Gasteiger partial charge on any atom is 0.306 e. The second-order valence-electron chi connectivity index (χ2n) is 5.44. The van der Waals surface area contributed by atoms with Crippen molar-refractivity contribution in [3.8, 4) is 0 Å². The zero-order valence-electron chi connectivity index (χ0n) is 11.5. The first kappa shape index (κ1) is 13.9. The van der Waals surface area contributed by atoms with E-state index in [1.165, 1.54) is 6.42 Å². The van der Waals surface area contributed by atoms with Gasteiger partial charge in [-0.2, -0.15) is 0 Å². The maximum absolute atomic E-state index is 10.9. The molecule has 2 rings (SSSR count). The Labute approximate surface area is 113 Å². The number of aromatic nitrogens is 2. The molecule has 1 aromatic rings. The van der Waals surface area contributed by atoms with Gasteiger partial charge < -0.3 is 10.0 Å². The summed E-state index contributed by atoms with van der Waals surface area (Å²) < 4.78 is 0. The molecule has 0 saturated carbocycles. The maximum atomic E-state index is 10.9. The molecule has 0 aliphatic carbocycles. The highest BCUT2D eigenvalue weighted by atomic mass is 16.4. The molecule has 104 valence electrons. The van der Waals surface area contributed by atoms with Gasteiger partial charge in [0.05, 0.1) is 5.92 Å². The second kappa shape index (κ2) is 6.10. The number of aliphatic carboxylic acids is 1. The van der Waals surface area contributed by atoms with E-state index in [-0.39, 0.29) is 0 Å². The second-order valence-corrected chi connectivity index (χ2v) is 5.44. The predicted molar refractivity (Wildman–Crippen MR) is 72.0 cm³/mol. The third-order valence-electron chi connectivity index (χ3n) is 3.68. The molecule has 1 fully saturated rings. The molecule has 1 saturated heterocycles. The molecule has 2 heterocycles. The average molecular weight is 263 g/mol. The molecule has 1 aliphatic rings. The van der Waals surface area contributed by atoms with Crippen molar-refractivity contribution in [3.05, 3.63) is 23.8 Å². The predicted octanol–water partition coefficient (Wildman–Crippen LogP) is 1.55. The fraction of sp³-hybridized carbons (Fsp3) is 0.643. The Morgan fingerprint density at radius 2 is 2.42 bits per heavy atom. The van der Waals surface area contributed by atoms with Crippen LogP contribution in [0.15, 0.2) is 12.3 Å². The Morgan fingerprint density at radius 1 is 1.63 bits per heavy atom. The summed E-state index contributed by atoms with van der Waals surface area (Å²) in [4.78, 5) is 21.9. The summed E-state index contributed by atoms with van der Waals surface area (Å²) in [6.45, 7) is 3.85. The molecule has 5 heteroatoms. The molecule has 1 N–H and O–H groups in total. The zero-order chi connectivity index (χ0) is 13.8. The minimum atomic E-state index is -0.800. The molecule has 5 nitrogen and oxygen atoms in total. The van der Waals surface area contributed by atoms with Crippen LogP contribution in [-0.2, 0) is 11.2 Å². The van der Waals surface area contributed by atoms with Crippen LogP contribution in [0, 0.1) is 5.92 Å². The first-order valence-electron chi connectivity index (χ1n) is 6.79. The van der Waals surface area contributed by atoms with Crippen molar-refractivity contribution in [1.82, 2.24) is 14.9 Å². The molecule has 0 aromatic carbocycles. The Bertz CT molecular complexity index is 450. The van der Waals surface area contributed by atoms with Gasteiger partial charge in [0.2, 0.25) is 0 Å². The number of carboxylic acids is 1. The smallest absolute Gasteiger partial charge is 0.306 e. The number of rotatable bonds is 4. The normalized spacial score (nSPS) is 22.1. The standard InChI is InChI=1S/C14H21N3O2/c1-10(14(18)19)8-13-15-6-5-12(16-13)11-4-3-7-17(2)9-11/h5-6,10-11H,3-4,7-9H2,1-2H3,(H,18,19). The van der Waals surface area contributed by atoms with Gasteiger partial charge in [0.1, 0.15) is 5.82 Å². The third-order valence-corrected chi connectivity index (χ3v) is 3.68. The van der Waals surface area contributed by atoms with Crippen molar-refractivity contribution in [2.45, 2.75) is 32.1 Å². The number of likely N-dealkylation sites (N-methyl/N-ethyl adjacent to an activating group) is 1. The van der Waals surface area contributed by atoms with Gasteiger partial charge >= 0.3 is 5.97 Å². The van der Waals surface area contributed by atoms with E-state index in [9.17, 15) is 4.79 Å². The molecule has 0 spiro atoms. The van der Waals surface area contributed by atoms with E-state index in [0.717, 1.165) is 25.2 Å². The van der Waals surface area contributed by atoms with Crippen LogP contribution in [0.3, 0.4) is 0 Å². The van der Waals surface area contributed by atoms with Crippen LogP contribution in [0.4, 0.5) is 0 Å². The van der Waals surface area contributed by atoms with Gasteiger partial charge in [-0.3, -0.25) is 4.79 Å². The minimum Gasteiger partial charge on any atom is -0.481 e.